The van der Waals surface area contributed by atoms with E-state index in [-0.39, 0.29) is 49.6 Å². The molecule has 4 aromatic carbocycles. The van der Waals surface area contributed by atoms with E-state index in [4.69, 9.17) is 58.3 Å². The SMILES string of the molecule is COc1cccc(OC)c1C(=O)O.COc1cccc(OC)c1C(=O)O.COc1cccc(OC)c1C(=O)O.COc1cccc(OC)c1C(=O)O.[Pb]. The Morgan fingerprint density at radius 3 is 0.509 bits per heavy atom. The van der Waals surface area contributed by atoms with Crippen LogP contribution in [0.2, 0.25) is 0 Å². The van der Waals surface area contributed by atoms with Gasteiger partial charge in [0, 0.05) is 27.3 Å². The molecule has 0 saturated carbocycles. The van der Waals surface area contributed by atoms with Crippen molar-refractivity contribution in [3.8, 4) is 46.0 Å². The quantitative estimate of drug-likeness (QED) is 0.134. The average Bonchev–Trinajstić information content (AvgIpc) is 3.16. The van der Waals surface area contributed by atoms with Gasteiger partial charge in [-0.15, -0.1) is 0 Å². The van der Waals surface area contributed by atoms with E-state index in [0.29, 0.717) is 46.0 Å². The molecule has 16 nitrogen and oxygen atoms in total. The Morgan fingerprint density at radius 2 is 0.434 bits per heavy atom. The van der Waals surface area contributed by atoms with Gasteiger partial charge in [-0.1, -0.05) is 24.3 Å². The molecule has 0 aliphatic carbocycles. The molecule has 0 aromatic heterocycles. The van der Waals surface area contributed by atoms with Crippen LogP contribution in [0, 0.1) is 0 Å². The van der Waals surface area contributed by atoms with Crippen molar-refractivity contribution in [1.29, 1.82) is 0 Å². The van der Waals surface area contributed by atoms with Crippen molar-refractivity contribution in [2.45, 2.75) is 0 Å². The third-order valence-corrected chi connectivity index (χ3v) is 6.57. The summed E-state index contributed by atoms with van der Waals surface area (Å²) < 4.78 is 39.1. The maximum Gasteiger partial charge on any atom is 0.343 e. The van der Waals surface area contributed by atoms with E-state index in [9.17, 15) is 19.2 Å². The molecule has 0 unspecified atom stereocenters. The van der Waals surface area contributed by atoms with Crippen LogP contribution in [-0.4, -0.2) is 128 Å². The monoisotopic (exact) mass is 936 g/mol. The van der Waals surface area contributed by atoms with Crippen molar-refractivity contribution in [3.05, 3.63) is 95.1 Å². The van der Waals surface area contributed by atoms with Gasteiger partial charge in [-0.3, -0.25) is 0 Å². The Balaban J connectivity index is 0.000000676. The van der Waals surface area contributed by atoms with E-state index in [0.717, 1.165) is 0 Å². The normalized spacial score (nSPS) is 9.21. The fraction of sp³-hybridized carbons (Fsp3) is 0.222. The molecule has 0 amide bonds. The Morgan fingerprint density at radius 1 is 0.321 bits per heavy atom. The molecule has 0 spiro atoms. The predicted octanol–water partition coefficient (Wildman–Crippen LogP) is 5.23. The van der Waals surface area contributed by atoms with Crippen LogP contribution >= 0.6 is 0 Å². The van der Waals surface area contributed by atoms with Gasteiger partial charge in [-0.2, -0.15) is 0 Å². The molecule has 0 fully saturated rings. The smallest absolute Gasteiger partial charge is 0.343 e. The topological polar surface area (TPSA) is 223 Å². The van der Waals surface area contributed by atoms with Gasteiger partial charge < -0.3 is 58.3 Å². The van der Waals surface area contributed by atoms with Gasteiger partial charge in [0.05, 0.1) is 56.9 Å². The maximum atomic E-state index is 10.8. The molecule has 53 heavy (non-hydrogen) atoms. The number of hydrogen-bond donors (Lipinski definition) is 4. The van der Waals surface area contributed by atoms with Crippen molar-refractivity contribution in [2.24, 2.45) is 0 Å². The van der Waals surface area contributed by atoms with Crippen LogP contribution in [0.3, 0.4) is 0 Å². The second-order valence-corrected chi connectivity index (χ2v) is 9.37. The average molecular weight is 936 g/mol. The van der Waals surface area contributed by atoms with Crippen LogP contribution in [0.4, 0.5) is 0 Å². The van der Waals surface area contributed by atoms with Gasteiger partial charge in [-0.25, -0.2) is 19.2 Å². The first kappa shape index (κ1) is 47.1. The molecule has 4 aromatic rings. The van der Waals surface area contributed by atoms with E-state index in [1.807, 2.05) is 0 Å². The third-order valence-electron chi connectivity index (χ3n) is 6.57. The molecule has 0 atom stereocenters. The van der Waals surface area contributed by atoms with Crippen LogP contribution in [0.15, 0.2) is 72.8 Å². The largest absolute Gasteiger partial charge is 0.496 e. The van der Waals surface area contributed by atoms with E-state index in [2.05, 4.69) is 0 Å². The van der Waals surface area contributed by atoms with Crippen LogP contribution in [0.25, 0.3) is 0 Å². The zero-order chi connectivity index (χ0) is 39.4. The molecule has 4 rings (SSSR count). The van der Waals surface area contributed by atoms with Crippen LogP contribution < -0.4 is 37.9 Å². The fourth-order valence-corrected chi connectivity index (χ4v) is 4.25. The molecule has 0 heterocycles. The van der Waals surface area contributed by atoms with Gasteiger partial charge in [0.2, 0.25) is 0 Å². The van der Waals surface area contributed by atoms with E-state index in [1.54, 1.807) is 72.8 Å². The minimum Gasteiger partial charge on any atom is -0.496 e. The summed E-state index contributed by atoms with van der Waals surface area (Å²) in [6, 6.07) is 19.3. The summed E-state index contributed by atoms with van der Waals surface area (Å²) in [6.45, 7) is 0. The zero-order valence-electron chi connectivity index (χ0n) is 30.1. The fourth-order valence-electron chi connectivity index (χ4n) is 4.25. The number of carboxylic acids is 4. The number of carbonyl (C=O) groups is 4. The molecule has 0 bridgehead atoms. The summed E-state index contributed by atoms with van der Waals surface area (Å²) in [7, 11) is 11.3. The number of rotatable bonds is 12. The zero-order valence-corrected chi connectivity index (χ0v) is 34.0. The van der Waals surface area contributed by atoms with E-state index < -0.39 is 23.9 Å². The molecule has 284 valence electrons. The summed E-state index contributed by atoms with van der Waals surface area (Å²) in [5, 5.41) is 35.4. The van der Waals surface area contributed by atoms with Gasteiger partial charge in [0.15, 0.2) is 0 Å². The van der Waals surface area contributed by atoms with Crippen molar-refractivity contribution in [3.63, 3.8) is 0 Å². The molecule has 17 heteroatoms. The van der Waals surface area contributed by atoms with E-state index >= 15 is 0 Å². The summed E-state index contributed by atoms with van der Waals surface area (Å²) >= 11 is 0. The van der Waals surface area contributed by atoms with Gasteiger partial charge in [-0.05, 0) is 48.5 Å². The molecule has 0 aliphatic heterocycles. The molecule has 0 aliphatic rings. The molecule has 4 radical (unpaired) electrons. The van der Waals surface area contributed by atoms with Crippen molar-refractivity contribution in [2.75, 3.05) is 56.9 Å². The van der Waals surface area contributed by atoms with Gasteiger partial charge in [0.25, 0.3) is 0 Å². The number of carboxylic acid groups (broad SMARTS) is 4. The molecule has 4 N–H and O–H groups in total. The number of ether oxygens (including phenoxy) is 8. The number of benzene rings is 4. The van der Waals surface area contributed by atoms with Crippen molar-refractivity contribution < 1.29 is 77.5 Å². The Hall–Kier alpha value is -5.92. The first-order chi connectivity index (χ1) is 24.8. The van der Waals surface area contributed by atoms with Crippen LogP contribution in [0.1, 0.15) is 41.4 Å². The second kappa shape index (κ2) is 24.3. The first-order valence-electron chi connectivity index (χ1n) is 14.6. The minimum atomic E-state index is -1.06. The van der Waals surface area contributed by atoms with Gasteiger partial charge in [0.1, 0.15) is 68.2 Å². The van der Waals surface area contributed by atoms with Crippen LogP contribution in [0.5, 0.6) is 46.0 Å². The number of hydrogen-bond acceptors (Lipinski definition) is 12. The third kappa shape index (κ3) is 13.3. The van der Waals surface area contributed by atoms with E-state index in [1.165, 1.54) is 56.9 Å². The maximum absolute atomic E-state index is 10.8. The summed E-state index contributed by atoms with van der Waals surface area (Å²) in [4.78, 5) is 43.2. The molecule has 0 saturated heterocycles. The second-order valence-electron chi connectivity index (χ2n) is 9.37. The Kier molecular flexibility index (Phi) is 21.6. The van der Waals surface area contributed by atoms with Crippen LogP contribution in [-0.2, 0) is 0 Å². The van der Waals surface area contributed by atoms with Crippen molar-refractivity contribution >= 4 is 51.2 Å². The number of aromatic carboxylic acids is 4. The molecular weight excluding hydrogens is 896 g/mol. The standard InChI is InChI=1S/4C9H10O4.Pb/c4*1-12-6-4-3-5-7(13-2)8(6)9(10)11;/h4*3-5H,1-2H3,(H,10,11);. The molecular formula is C36H40O16Pb. The number of methoxy groups -OCH3 is 8. The minimum absolute atomic E-state index is 0. The van der Waals surface area contributed by atoms with Gasteiger partial charge >= 0.3 is 23.9 Å². The Bertz CT molecular complexity index is 1460. The Labute approximate surface area is 325 Å². The van der Waals surface area contributed by atoms with Crippen molar-refractivity contribution in [1.82, 2.24) is 0 Å². The summed E-state index contributed by atoms with van der Waals surface area (Å²) in [5.74, 6) is -1.86. The summed E-state index contributed by atoms with van der Waals surface area (Å²) in [6.07, 6.45) is 0. The summed E-state index contributed by atoms with van der Waals surface area (Å²) in [5.41, 5.74) is 0.194. The first-order valence-corrected chi connectivity index (χ1v) is 14.6. The predicted molar refractivity (Wildman–Crippen MR) is 192 cm³/mol.